The second kappa shape index (κ2) is 4.61. The second-order valence-corrected chi connectivity index (χ2v) is 4.45. The van der Waals surface area contributed by atoms with Gasteiger partial charge in [0.25, 0.3) is 0 Å². The summed E-state index contributed by atoms with van der Waals surface area (Å²) in [7, 11) is 0. The molecule has 0 aliphatic carbocycles. The zero-order valence-corrected chi connectivity index (χ0v) is 9.54. The summed E-state index contributed by atoms with van der Waals surface area (Å²) in [5, 5.41) is 9.80. The third kappa shape index (κ3) is 2.85. The lowest BCUT2D eigenvalue weighted by molar-refractivity contribution is 0.125. The highest BCUT2D eigenvalue weighted by molar-refractivity contribution is 5.30. The maximum absolute atomic E-state index is 9.80. The van der Waals surface area contributed by atoms with Gasteiger partial charge in [-0.3, -0.25) is 0 Å². The maximum atomic E-state index is 9.80. The third-order valence-corrected chi connectivity index (χ3v) is 2.70. The summed E-state index contributed by atoms with van der Waals surface area (Å²) in [5.41, 5.74) is 3.81. The zero-order valence-electron chi connectivity index (χ0n) is 9.54. The van der Waals surface area contributed by atoms with Crippen molar-refractivity contribution in [2.45, 2.75) is 40.2 Å². The van der Waals surface area contributed by atoms with Gasteiger partial charge in [0.05, 0.1) is 6.10 Å². The molecule has 0 spiro atoms. The van der Waals surface area contributed by atoms with Crippen LogP contribution in [-0.4, -0.2) is 11.2 Å². The van der Waals surface area contributed by atoms with Gasteiger partial charge in [0.15, 0.2) is 0 Å². The first-order valence-electron chi connectivity index (χ1n) is 5.25. The Labute approximate surface area is 86.8 Å². The van der Waals surface area contributed by atoms with Crippen molar-refractivity contribution >= 4 is 0 Å². The molecule has 0 heterocycles. The topological polar surface area (TPSA) is 20.2 Å². The minimum atomic E-state index is -0.226. The van der Waals surface area contributed by atoms with Gasteiger partial charge in [-0.25, -0.2) is 0 Å². The van der Waals surface area contributed by atoms with Crippen LogP contribution >= 0.6 is 0 Å². The molecule has 1 aromatic carbocycles. The van der Waals surface area contributed by atoms with E-state index in [4.69, 9.17) is 0 Å². The lowest BCUT2D eigenvalue weighted by Gasteiger charge is -2.16. The van der Waals surface area contributed by atoms with Crippen LogP contribution in [0.5, 0.6) is 0 Å². The summed E-state index contributed by atoms with van der Waals surface area (Å²) in [5.74, 6) is 0.329. The Morgan fingerprint density at radius 2 is 1.86 bits per heavy atom. The van der Waals surface area contributed by atoms with Crippen molar-refractivity contribution in [3.63, 3.8) is 0 Å². The quantitative estimate of drug-likeness (QED) is 0.780. The van der Waals surface area contributed by atoms with E-state index in [1.807, 2.05) is 0 Å². The van der Waals surface area contributed by atoms with Crippen LogP contribution in [0.4, 0.5) is 0 Å². The summed E-state index contributed by atoms with van der Waals surface area (Å²) < 4.78 is 0. The minimum Gasteiger partial charge on any atom is -0.393 e. The van der Waals surface area contributed by atoms with E-state index < -0.39 is 0 Å². The average Bonchev–Trinajstić information content (AvgIpc) is 2.11. The number of aryl methyl sites for hydroxylation is 2. The van der Waals surface area contributed by atoms with Crippen LogP contribution in [0.25, 0.3) is 0 Å². The fourth-order valence-electron chi connectivity index (χ4n) is 1.48. The molecule has 1 nitrogen and oxygen atoms in total. The molecule has 0 aliphatic heterocycles. The van der Waals surface area contributed by atoms with Crippen LogP contribution in [0, 0.1) is 19.8 Å². The van der Waals surface area contributed by atoms with Crippen molar-refractivity contribution in [3.8, 4) is 0 Å². The van der Waals surface area contributed by atoms with Gasteiger partial charge in [0.1, 0.15) is 0 Å². The van der Waals surface area contributed by atoms with E-state index in [0.29, 0.717) is 5.92 Å². The van der Waals surface area contributed by atoms with E-state index in [2.05, 4.69) is 45.9 Å². The van der Waals surface area contributed by atoms with Crippen molar-refractivity contribution < 1.29 is 5.11 Å². The molecular formula is C13H20O. The molecule has 0 fully saturated rings. The molecule has 1 atom stereocenters. The van der Waals surface area contributed by atoms with E-state index >= 15 is 0 Å². The summed E-state index contributed by atoms with van der Waals surface area (Å²) in [6, 6.07) is 6.40. The van der Waals surface area contributed by atoms with Gasteiger partial charge >= 0.3 is 0 Å². The van der Waals surface area contributed by atoms with Gasteiger partial charge in [-0.2, -0.15) is 0 Å². The van der Waals surface area contributed by atoms with Crippen LogP contribution in [0.15, 0.2) is 18.2 Å². The highest BCUT2D eigenvalue weighted by atomic mass is 16.3. The summed E-state index contributed by atoms with van der Waals surface area (Å²) in [6.45, 7) is 8.29. The molecular weight excluding hydrogens is 172 g/mol. The Morgan fingerprint density at radius 1 is 1.21 bits per heavy atom. The molecule has 0 saturated carbocycles. The Morgan fingerprint density at radius 3 is 2.43 bits per heavy atom. The molecule has 1 aromatic rings. The van der Waals surface area contributed by atoms with Gasteiger partial charge in [-0.1, -0.05) is 37.6 Å². The summed E-state index contributed by atoms with van der Waals surface area (Å²) in [6.07, 6.45) is 0.543. The van der Waals surface area contributed by atoms with Gasteiger partial charge in [-0.05, 0) is 37.3 Å². The van der Waals surface area contributed by atoms with Crippen LogP contribution in [0.3, 0.4) is 0 Å². The molecule has 0 bridgehead atoms. The molecule has 1 N–H and O–H groups in total. The van der Waals surface area contributed by atoms with E-state index in [0.717, 1.165) is 6.42 Å². The molecule has 1 unspecified atom stereocenters. The molecule has 1 rings (SSSR count). The second-order valence-electron chi connectivity index (χ2n) is 4.45. The Bertz CT molecular complexity index is 302. The van der Waals surface area contributed by atoms with Crippen LogP contribution in [-0.2, 0) is 6.42 Å². The number of aliphatic hydroxyl groups excluding tert-OH is 1. The SMILES string of the molecule is Cc1ccc(C)c(CC(O)C(C)C)c1. The lowest BCUT2D eigenvalue weighted by atomic mass is 9.95. The van der Waals surface area contributed by atoms with E-state index in [-0.39, 0.29) is 6.10 Å². The largest absolute Gasteiger partial charge is 0.393 e. The highest BCUT2D eigenvalue weighted by Crippen LogP contribution is 2.15. The predicted molar refractivity (Wildman–Crippen MR) is 60.5 cm³/mol. The fraction of sp³-hybridized carbons (Fsp3) is 0.538. The molecule has 78 valence electrons. The van der Waals surface area contributed by atoms with E-state index in [9.17, 15) is 5.11 Å². The van der Waals surface area contributed by atoms with Gasteiger partial charge < -0.3 is 5.11 Å². The minimum absolute atomic E-state index is 0.226. The normalized spacial score (nSPS) is 13.3. The zero-order chi connectivity index (χ0) is 10.7. The van der Waals surface area contributed by atoms with Crippen molar-refractivity contribution in [3.05, 3.63) is 34.9 Å². The molecule has 1 heteroatoms. The molecule has 0 amide bonds. The van der Waals surface area contributed by atoms with Crippen molar-refractivity contribution in [2.75, 3.05) is 0 Å². The molecule has 0 saturated heterocycles. The van der Waals surface area contributed by atoms with Crippen LogP contribution < -0.4 is 0 Å². The third-order valence-electron chi connectivity index (χ3n) is 2.70. The number of benzene rings is 1. The Kier molecular flexibility index (Phi) is 3.70. The van der Waals surface area contributed by atoms with E-state index in [1.54, 1.807) is 0 Å². The highest BCUT2D eigenvalue weighted by Gasteiger charge is 2.11. The Hall–Kier alpha value is -0.820. The Balaban J connectivity index is 2.80. The maximum Gasteiger partial charge on any atom is 0.0603 e. The van der Waals surface area contributed by atoms with Gasteiger partial charge in [0, 0.05) is 0 Å². The van der Waals surface area contributed by atoms with Gasteiger partial charge in [0.2, 0.25) is 0 Å². The first-order valence-corrected chi connectivity index (χ1v) is 5.25. The molecule has 0 aromatic heterocycles. The van der Waals surface area contributed by atoms with Gasteiger partial charge in [-0.15, -0.1) is 0 Å². The van der Waals surface area contributed by atoms with Crippen molar-refractivity contribution in [1.29, 1.82) is 0 Å². The standard InChI is InChI=1S/C13H20O/c1-9(2)13(14)8-12-7-10(3)5-6-11(12)4/h5-7,9,13-14H,8H2,1-4H3. The smallest absolute Gasteiger partial charge is 0.0603 e. The van der Waals surface area contributed by atoms with Crippen LogP contribution in [0.1, 0.15) is 30.5 Å². The molecule has 14 heavy (non-hydrogen) atoms. The predicted octanol–water partition coefficient (Wildman–Crippen LogP) is 2.86. The molecule has 0 radical (unpaired) electrons. The summed E-state index contributed by atoms with van der Waals surface area (Å²) in [4.78, 5) is 0. The summed E-state index contributed by atoms with van der Waals surface area (Å²) >= 11 is 0. The first-order chi connectivity index (χ1) is 6.50. The van der Waals surface area contributed by atoms with E-state index in [1.165, 1.54) is 16.7 Å². The van der Waals surface area contributed by atoms with Crippen LogP contribution in [0.2, 0.25) is 0 Å². The number of hydrogen-bond acceptors (Lipinski definition) is 1. The van der Waals surface area contributed by atoms with Crippen molar-refractivity contribution in [2.24, 2.45) is 5.92 Å². The number of hydrogen-bond donors (Lipinski definition) is 1. The fourth-order valence-corrected chi connectivity index (χ4v) is 1.48. The van der Waals surface area contributed by atoms with Crippen molar-refractivity contribution in [1.82, 2.24) is 0 Å². The monoisotopic (exact) mass is 192 g/mol. The lowest BCUT2D eigenvalue weighted by Crippen LogP contribution is -2.18. The average molecular weight is 192 g/mol. The molecule has 0 aliphatic rings. The number of aliphatic hydroxyl groups is 1. The first kappa shape index (κ1) is 11.3. The number of rotatable bonds is 3.